The fraction of sp³-hybridized carbons (Fsp3) is 0.952. The predicted octanol–water partition coefficient (Wildman–Crippen LogP) is 3.71. The summed E-state index contributed by atoms with van der Waals surface area (Å²) in [7, 11) is 0. The maximum atomic E-state index is 11.9. The number of rotatable bonds is 1. The van der Waals surface area contributed by atoms with Crippen LogP contribution in [0.3, 0.4) is 0 Å². The van der Waals surface area contributed by atoms with E-state index in [-0.39, 0.29) is 22.7 Å². The molecule has 8 atom stereocenters. The van der Waals surface area contributed by atoms with Gasteiger partial charge in [-0.15, -0.1) is 0 Å². The van der Waals surface area contributed by atoms with Gasteiger partial charge in [-0.3, -0.25) is 4.79 Å². The van der Waals surface area contributed by atoms with Crippen LogP contribution >= 0.6 is 0 Å². The van der Waals surface area contributed by atoms with Gasteiger partial charge in [-0.2, -0.15) is 0 Å². The SMILES string of the molecule is CC(=O)C1(O)CCC2(C)C(CCC3C4CCC(O)C4(C)CCC32)C1. The summed E-state index contributed by atoms with van der Waals surface area (Å²) >= 11 is 0. The van der Waals surface area contributed by atoms with Crippen LogP contribution in [-0.4, -0.2) is 27.7 Å². The summed E-state index contributed by atoms with van der Waals surface area (Å²) in [6.07, 6.45) is 9.12. The number of carbonyl (C=O) groups excluding carboxylic acids is 1. The first-order chi connectivity index (χ1) is 11.2. The lowest BCUT2D eigenvalue weighted by molar-refractivity contribution is -0.166. The standard InChI is InChI=1S/C21H34O3/c1-13(22)21(24)11-10-19(2)14(12-21)4-5-15-16-6-7-18(23)20(16,3)9-8-17(15)19/h14-18,23-24H,4-12H2,1-3H3. The van der Waals surface area contributed by atoms with Gasteiger partial charge in [0, 0.05) is 0 Å². The van der Waals surface area contributed by atoms with Gasteiger partial charge in [-0.1, -0.05) is 13.8 Å². The Labute approximate surface area is 146 Å². The van der Waals surface area contributed by atoms with Crippen LogP contribution in [0.15, 0.2) is 0 Å². The summed E-state index contributed by atoms with van der Waals surface area (Å²) in [4.78, 5) is 11.9. The van der Waals surface area contributed by atoms with Crippen LogP contribution < -0.4 is 0 Å². The van der Waals surface area contributed by atoms with Gasteiger partial charge in [0.25, 0.3) is 0 Å². The van der Waals surface area contributed by atoms with Crippen LogP contribution in [0.2, 0.25) is 0 Å². The number of Topliss-reactive ketones (excluding diaryl/α,β-unsaturated/α-hetero) is 1. The van der Waals surface area contributed by atoms with Gasteiger partial charge in [0.15, 0.2) is 5.78 Å². The van der Waals surface area contributed by atoms with Gasteiger partial charge in [-0.25, -0.2) is 0 Å². The molecule has 4 saturated carbocycles. The highest BCUT2D eigenvalue weighted by Gasteiger charge is 2.61. The third-order valence-electron chi connectivity index (χ3n) is 9.33. The van der Waals surface area contributed by atoms with E-state index in [1.165, 1.54) is 19.3 Å². The second kappa shape index (κ2) is 5.30. The molecule has 24 heavy (non-hydrogen) atoms. The Hall–Kier alpha value is -0.410. The number of fused-ring (bicyclic) bond motifs is 5. The molecule has 3 nitrogen and oxygen atoms in total. The average Bonchev–Trinajstić information content (AvgIpc) is 2.84. The van der Waals surface area contributed by atoms with Crippen molar-refractivity contribution in [3.05, 3.63) is 0 Å². The number of aliphatic hydroxyl groups excluding tert-OH is 1. The molecule has 0 aromatic heterocycles. The Morgan fingerprint density at radius 1 is 0.917 bits per heavy atom. The number of hydrogen-bond donors (Lipinski definition) is 2. The number of carbonyl (C=O) groups is 1. The van der Waals surface area contributed by atoms with Gasteiger partial charge in [0.2, 0.25) is 0 Å². The molecule has 3 heteroatoms. The summed E-state index contributed by atoms with van der Waals surface area (Å²) in [5.41, 5.74) is -0.650. The third kappa shape index (κ3) is 2.13. The van der Waals surface area contributed by atoms with Crippen molar-refractivity contribution in [3.8, 4) is 0 Å². The summed E-state index contributed by atoms with van der Waals surface area (Å²) in [6, 6.07) is 0. The molecule has 0 aliphatic heterocycles. The van der Waals surface area contributed by atoms with Crippen molar-refractivity contribution >= 4 is 5.78 Å². The molecule has 4 aliphatic carbocycles. The van der Waals surface area contributed by atoms with Crippen LogP contribution in [0.4, 0.5) is 0 Å². The Kier molecular flexibility index (Phi) is 3.76. The molecule has 0 radical (unpaired) electrons. The fourth-order valence-electron chi connectivity index (χ4n) is 7.54. The molecule has 0 bridgehead atoms. The molecule has 4 fully saturated rings. The smallest absolute Gasteiger partial charge is 0.161 e. The lowest BCUT2D eigenvalue weighted by Gasteiger charge is -2.61. The predicted molar refractivity (Wildman–Crippen MR) is 93.4 cm³/mol. The lowest BCUT2D eigenvalue weighted by Crippen LogP contribution is -2.57. The summed E-state index contributed by atoms with van der Waals surface area (Å²) in [5.74, 6) is 2.58. The van der Waals surface area contributed by atoms with Gasteiger partial charge < -0.3 is 10.2 Å². The fourth-order valence-corrected chi connectivity index (χ4v) is 7.54. The monoisotopic (exact) mass is 334 g/mol. The van der Waals surface area contributed by atoms with Crippen LogP contribution in [0.1, 0.15) is 78.6 Å². The van der Waals surface area contributed by atoms with Crippen LogP contribution in [-0.2, 0) is 4.79 Å². The van der Waals surface area contributed by atoms with Crippen molar-refractivity contribution in [3.63, 3.8) is 0 Å². The van der Waals surface area contributed by atoms with Gasteiger partial charge in [-0.05, 0) is 99.2 Å². The van der Waals surface area contributed by atoms with E-state index in [9.17, 15) is 15.0 Å². The topological polar surface area (TPSA) is 57.5 Å². The molecule has 0 amide bonds. The van der Waals surface area contributed by atoms with Crippen molar-refractivity contribution in [1.82, 2.24) is 0 Å². The van der Waals surface area contributed by atoms with E-state index >= 15 is 0 Å². The second-order valence-corrected chi connectivity index (χ2v) is 10.1. The first-order valence-electron chi connectivity index (χ1n) is 10.1. The van der Waals surface area contributed by atoms with E-state index in [0.29, 0.717) is 24.7 Å². The molecule has 136 valence electrons. The molecule has 2 N–H and O–H groups in total. The zero-order valence-electron chi connectivity index (χ0n) is 15.6. The van der Waals surface area contributed by atoms with E-state index < -0.39 is 5.60 Å². The third-order valence-corrected chi connectivity index (χ3v) is 9.33. The van der Waals surface area contributed by atoms with Gasteiger partial charge in [0.1, 0.15) is 5.60 Å². The van der Waals surface area contributed by atoms with E-state index in [0.717, 1.165) is 37.5 Å². The van der Waals surface area contributed by atoms with Gasteiger partial charge >= 0.3 is 0 Å². The van der Waals surface area contributed by atoms with E-state index in [1.807, 2.05) is 0 Å². The van der Waals surface area contributed by atoms with Crippen molar-refractivity contribution in [2.24, 2.45) is 34.5 Å². The minimum Gasteiger partial charge on any atom is -0.393 e. The molecule has 0 saturated heterocycles. The normalized spacial score (nSPS) is 57.0. The molecule has 0 heterocycles. The molecule has 0 aromatic rings. The maximum absolute atomic E-state index is 11.9. The molecular weight excluding hydrogens is 300 g/mol. The van der Waals surface area contributed by atoms with Crippen molar-refractivity contribution in [2.45, 2.75) is 90.3 Å². The highest BCUT2D eigenvalue weighted by Crippen LogP contribution is 2.66. The second-order valence-electron chi connectivity index (χ2n) is 10.1. The Bertz CT molecular complexity index is 545. The van der Waals surface area contributed by atoms with Crippen LogP contribution in [0.25, 0.3) is 0 Å². The first kappa shape index (κ1) is 17.0. The van der Waals surface area contributed by atoms with E-state index in [2.05, 4.69) is 13.8 Å². The van der Waals surface area contributed by atoms with Crippen molar-refractivity contribution in [1.29, 1.82) is 0 Å². The average molecular weight is 335 g/mol. The molecular formula is C21H34O3. The summed E-state index contributed by atoms with van der Waals surface area (Å²) in [6.45, 7) is 6.33. The largest absolute Gasteiger partial charge is 0.393 e. The highest BCUT2D eigenvalue weighted by molar-refractivity contribution is 5.84. The minimum absolute atomic E-state index is 0.0400. The molecule has 0 spiro atoms. The van der Waals surface area contributed by atoms with Crippen molar-refractivity contribution < 1.29 is 15.0 Å². The molecule has 8 unspecified atom stereocenters. The molecule has 4 aliphatic rings. The Balaban J connectivity index is 1.60. The zero-order chi connectivity index (χ0) is 17.3. The van der Waals surface area contributed by atoms with Crippen LogP contribution in [0.5, 0.6) is 0 Å². The van der Waals surface area contributed by atoms with E-state index in [1.54, 1.807) is 6.92 Å². The highest BCUT2D eigenvalue weighted by atomic mass is 16.3. The van der Waals surface area contributed by atoms with E-state index in [4.69, 9.17) is 0 Å². The zero-order valence-corrected chi connectivity index (χ0v) is 15.6. The molecule has 4 rings (SSSR count). The van der Waals surface area contributed by atoms with Gasteiger partial charge in [0.05, 0.1) is 6.10 Å². The molecule has 0 aromatic carbocycles. The Morgan fingerprint density at radius 2 is 1.62 bits per heavy atom. The number of hydrogen-bond acceptors (Lipinski definition) is 3. The number of ketones is 1. The van der Waals surface area contributed by atoms with Crippen molar-refractivity contribution in [2.75, 3.05) is 0 Å². The quantitative estimate of drug-likeness (QED) is 0.768. The minimum atomic E-state index is -1.07. The lowest BCUT2D eigenvalue weighted by atomic mass is 9.44. The van der Waals surface area contributed by atoms with Crippen LogP contribution in [0, 0.1) is 34.5 Å². The number of aliphatic hydroxyl groups is 2. The maximum Gasteiger partial charge on any atom is 0.161 e. The first-order valence-corrected chi connectivity index (χ1v) is 10.1. The Morgan fingerprint density at radius 3 is 2.33 bits per heavy atom. The summed E-state index contributed by atoms with van der Waals surface area (Å²) < 4.78 is 0. The summed E-state index contributed by atoms with van der Waals surface area (Å²) in [5, 5.41) is 21.3.